The lowest BCUT2D eigenvalue weighted by Crippen LogP contribution is -2.48. The van der Waals surface area contributed by atoms with Crippen molar-refractivity contribution in [1.82, 2.24) is 4.90 Å². The summed E-state index contributed by atoms with van der Waals surface area (Å²) in [5, 5.41) is 9.39. The molecule has 0 saturated carbocycles. The molecule has 3 fully saturated rings. The fraction of sp³-hybridized carbons (Fsp3) is 0.538. The molecule has 5 rings (SSSR count). The molecule has 0 radical (unpaired) electrons. The summed E-state index contributed by atoms with van der Waals surface area (Å²) < 4.78 is 24.7. The molecule has 1 unspecified atom stereocenters. The van der Waals surface area contributed by atoms with Crippen molar-refractivity contribution in [3.05, 3.63) is 70.8 Å². The molecule has 0 bridgehead atoms. The van der Waals surface area contributed by atoms with Gasteiger partial charge in [0.2, 0.25) is 0 Å². The number of piperidine rings is 1. The van der Waals surface area contributed by atoms with E-state index in [1.54, 1.807) is 0 Å². The van der Waals surface area contributed by atoms with Crippen LogP contribution in [-0.4, -0.2) is 54.7 Å². The summed E-state index contributed by atoms with van der Waals surface area (Å²) in [6, 6.07) is 16.2. The zero-order valence-corrected chi connectivity index (χ0v) is 19.0. The second kappa shape index (κ2) is 10.2. The van der Waals surface area contributed by atoms with Crippen LogP contribution in [0, 0.1) is 0 Å². The van der Waals surface area contributed by atoms with E-state index in [4.69, 9.17) is 24.7 Å². The Kier molecular flexibility index (Phi) is 7.08. The largest absolute Gasteiger partial charge is 0.392 e. The zero-order chi connectivity index (χ0) is 22.7. The average Bonchev–Trinajstić information content (AvgIpc) is 3.33. The van der Waals surface area contributed by atoms with E-state index in [2.05, 4.69) is 4.90 Å². The third-order valence-electron chi connectivity index (χ3n) is 7.00. The first-order valence-corrected chi connectivity index (χ1v) is 12.0. The first-order valence-electron chi connectivity index (χ1n) is 12.0. The molecule has 3 saturated heterocycles. The summed E-state index contributed by atoms with van der Waals surface area (Å²) in [5.74, 6) is -0.364. The Hall–Kier alpha value is -1.84. The molecule has 178 valence electrons. The predicted molar refractivity (Wildman–Crippen MR) is 123 cm³/mol. The van der Waals surface area contributed by atoms with Gasteiger partial charge in [0.25, 0.3) is 0 Å². The number of nitrogens with two attached hydrogens (primary N) is 1. The molecule has 7 nitrogen and oxygen atoms in total. The highest BCUT2D eigenvalue weighted by atomic mass is 16.7. The van der Waals surface area contributed by atoms with Gasteiger partial charge in [-0.3, -0.25) is 0 Å². The lowest BCUT2D eigenvalue weighted by Gasteiger charge is -2.41. The van der Waals surface area contributed by atoms with Gasteiger partial charge in [0.1, 0.15) is 0 Å². The Morgan fingerprint density at radius 1 is 0.879 bits per heavy atom. The summed E-state index contributed by atoms with van der Waals surface area (Å²) in [4.78, 5) is 2.45. The van der Waals surface area contributed by atoms with E-state index in [0.29, 0.717) is 19.8 Å². The lowest BCUT2D eigenvalue weighted by atomic mass is 9.98. The fourth-order valence-corrected chi connectivity index (χ4v) is 4.99. The highest BCUT2D eigenvalue weighted by molar-refractivity contribution is 5.26. The lowest BCUT2D eigenvalue weighted by molar-refractivity contribution is -0.255. The van der Waals surface area contributed by atoms with Gasteiger partial charge in [-0.05, 0) is 16.7 Å². The molecule has 0 aliphatic carbocycles. The first kappa shape index (κ1) is 22.9. The van der Waals surface area contributed by atoms with Gasteiger partial charge in [-0.25, -0.2) is 0 Å². The average molecular weight is 455 g/mol. The summed E-state index contributed by atoms with van der Waals surface area (Å²) in [5.41, 5.74) is 9.85. The maximum absolute atomic E-state index is 9.39. The van der Waals surface area contributed by atoms with Crippen LogP contribution in [0.15, 0.2) is 48.5 Å². The van der Waals surface area contributed by atoms with Gasteiger partial charge < -0.3 is 34.7 Å². The van der Waals surface area contributed by atoms with E-state index in [-0.39, 0.29) is 24.6 Å². The zero-order valence-electron chi connectivity index (χ0n) is 19.0. The van der Waals surface area contributed by atoms with Gasteiger partial charge in [0, 0.05) is 51.0 Å². The first-order chi connectivity index (χ1) is 16.2. The predicted octanol–water partition coefficient (Wildman–Crippen LogP) is 3.02. The summed E-state index contributed by atoms with van der Waals surface area (Å²) in [6.07, 6.45) is 2.10. The number of benzene rings is 2. The van der Waals surface area contributed by atoms with Crippen molar-refractivity contribution in [1.29, 1.82) is 0 Å². The van der Waals surface area contributed by atoms with E-state index in [0.717, 1.165) is 61.2 Å². The topological polar surface area (TPSA) is 86.4 Å². The van der Waals surface area contributed by atoms with Crippen molar-refractivity contribution in [3.8, 4) is 0 Å². The van der Waals surface area contributed by atoms with Gasteiger partial charge in [-0.2, -0.15) is 0 Å². The third-order valence-corrected chi connectivity index (χ3v) is 7.00. The summed E-state index contributed by atoms with van der Waals surface area (Å²) in [7, 11) is 0. The third kappa shape index (κ3) is 5.30. The molecule has 2 aromatic rings. The number of rotatable bonds is 6. The quantitative estimate of drug-likeness (QED) is 0.694. The van der Waals surface area contributed by atoms with Crippen LogP contribution in [0.4, 0.5) is 0 Å². The van der Waals surface area contributed by atoms with E-state index in [1.807, 2.05) is 48.5 Å². The van der Waals surface area contributed by atoms with Crippen molar-refractivity contribution in [3.63, 3.8) is 0 Å². The van der Waals surface area contributed by atoms with E-state index in [1.165, 1.54) is 0 Å². The molecule has 1 spiro atoms. The molecule has 3 heterocycles. The number of nitrogens with zero attached hydrogens (tertiary/aromatic N) is 1. The van der Waals surface area contributed by atoms with Crippen LogP contribution < -0.4 is 5.73 Å². The summed E-state index contributed by atoms with van der Waals surface area (Å²) in [6.45, 7) is 4.67. The van der Waals surface area contributed by atoms with Crippen LogP contribution in [0.1, 0.15) is 53.9 Å². The fourth-order valence-electron chi connectivity index (χ4n) is 4.99. The van der Waals surface area contributed by atoms with Crippen LogP contribution in [-0.2, 0) is 32.1 Å². The number of aliphatic hydroxyl groups excluding tert-OH is 1. The number of hydrogen-bond donors (Lipinski definition) is 2. The molecule has 0 aromatic heterocycles. The number of ether oxygens (including phenoxy) is 4. The minimum absolute atomic E-state index is 0.0392. The standard InChI is InChI=1S/C26H34N2O5/c27-16-19-1-7-22(8-2-19)25-32-23(15-24(33-25)21-5-3-20(18-29)4-6-21)17-28-11-9-26(10-12-28)30-13-14-31-26/h1-8,23-25,29H,9-18,27H2/t23-,24+,25?/m0/s1. The van der Waals surface area contributed by atoms with Crippen molar-refractivity contribution >= 4 is 0 Å². The Bertz CT molecular complexity index is 832. The summed E-state index contributed by atoms with van der Waals surface area (Å²) >= 11 is 0. The molecular formula is C26H34N2O5. The van der Waals surface area contributed by atoms with Crippen molar-refractivity contribution < 1.29 is 24.1 Å². The Morgan fingerprint density at radius 2 is 1.52 bits per heavy atom. The number of aliphatic hydroxyl groups is 1. The Balaban J connectivity index is 1.30. The molecule has 3 aliphatic rings. The van der Waals surface area contributed by atoms with Gasteiger partial charge in [0.05, 0.1) is 32.0 Å². The van der Waals surface area contributed by atoms with Crippen LogP contribution in [0.2, 0.25) is 0 Å². The molecule has 0 amide bonds. The van der Waals surface area contributed by atoms with E-state index >= 15 is 0 Å². The van der Waals surface area contributed by atoms with Crippen LogP contribution >= 0.6 is 0 Å². The highest BCUT2D eigenvalue weighted by Gasteiger charge is 2.41. The maximum Gasteiger partial charge on any atom is 0.184 e. The maximum atomic E-state index is 9.39. The second-order valence-electron chi connectivity index (χ2n) is 9.20. The highest BCUT2D eigenvalue weighted by Crippen LogP contribution is 2.39. The molecular weight excluding hydrogens is 420 g/mol. The minimum atomic E-state index is -0.435. The van der Waals surface area contributed by atoms with E-state index < -0.39 is 6.29 Å². The Morgan fingerprint density at radius 3 is 2.15 bits per heavy atom. The van der Waals surface area contributed by atoms with Crippen LogP contribution in [0.3, 0.4) is 0 Å². The second-order valence-corrected chi connectivity index (χ2v) is 9.20. The molecule has 3 aliphatic heterocycles. The van der Waals surface area contributed by atoms with Gasteiger partial charge in [-0.1, -0.05) is 48.5 Å². The van der Waals surface area contributed by atoms with Gasteiger partial charge in [-0.15, -0.1) is 0 Å². The van der Waals surface area contributed by atoms with Crippen LogP contribution in [0.25, 0.3) is 0 Å². The van der Waals surface area contributed by atoms with Gasteiger partial charge in [0.15, 0.2) is 12.1 Å². The van der Waals surface area contributed by atoms with Crippen molar-refractivity contribution in [2.45, 2.75) is 56.7 Å². The van der Waals surface area contributed by atoms with Crippen LogP contribution in [0.5, 0.6) is 0 Å². The Labute approximate surface area is 195 Å². The molecule has 3 atom stereocenters. The van der Waals surface area contributed by atoms with E-state index in [9.17, 15) is 5.11 Å². The van der Waals surface area contributed by atoms with Crippen molar-refractivity contribution in [2.75, 3.05) is 32.8 Å². The smallest absolute Gasteiger partial charge is 0.184 e. The van der Waals surface area contributed by atoms with Gasteiger partial charge >= 0.3 is 0 Å². The molecule has 2 aromatic carbocycles. The monoisotopic (exact) mass is 454 g/mol. The van der Waals surface area contributed by atoms with Crippen molar-refractivity contribution in [2.24, 2.45) is 5.73 Å². The minimum Gasteiger partial charge on any atom is -0.392 e. The SMILES string of the molecule is NCc1ccc(C2O[C@H](CN3CCC4(CC3)OCCO4)C[C@H](c3ccc(CO)cc3)O2)cc1. The number of hydrogen-bond acceptors (Lipinski definition) is 7. The molecule has 3 N–H and O–H groups in total. The normalized spacial score (nSPS) is 27.8. The molecule has 33 heavy (non-hydrogen) atoms. The number of likely N-dealkylation sites (tertiary alicyclic amines) is 1. The molecule has 7 heteroatoms.